The van der Waals surface area contributed by atoms with E-state index in [1.54, 1.807) is 11.3 Å². The quantitative estimate of drug-likeness (QED) is 0.243. The first-order chi connectivity index (χ1) is 19.5. The summed E-state index contributed by atoms with van der Waals surface area (Å²) in [5.41, 5.74) is 6.85. The van der Waals surface area contributed by atoms with Gasteiger partial charge in [-0.25, -0.2) is 9.67 Å². The number of amides is 1. The van der Waals surface area contributed by atoms with Crippen LogP contribution in [0.5, 0.6) is 0 Å². The van der Waals surface area contributed by atoms with E-state index in [1.165, 1.54) is 48.8 Å². The molecule has 4 saturated carbocycles. The molecule has 0 saturated heterocycles. The molecule has 6 heteroatoms. The van der Waals surface area contributed by atoms with Crippen molar-refractivity contribution in [2.24, 2.45) is 17.8 Å². The Labute approximate surface area is 238 Å². The molecule has 0 atom stereocenters. The van der Waals surface area contributed by atoms with Gasteiger partial charge < -0.3 is 5.32 Å². The number of carbonyl (C=O) groups excluding carboxylic acids is 1. The third-order valence-corrected chi connectivity index (χ3v) is 10.5. The van der Waals surface area contributed by atoms with Crippen LogP contribution < -0.4 is 5.32 Å². The molecular formula is C34H32N4OS. The molecule has 0 radical (unpaired) electrons. The number of thiazole rings is 1. The second-order valence-electron chi connectivity index (χ2n) is 12.4. The van der Waals surface area contributed by atoms with Gasteiger partial charge in [-0.05, 0) is 117 Å². The number of fused-ring (bicyclic) bond motifs is 1. The van der Waals surface area contributed by atoms with Gasteiger partial charge in [-0.3, -0.25) is 4.79 Å². The zero-order valence-corrected chi connectivity index (χ0v) is 23.5. The fraction of sp³-hybridized carbons (Fsp3) is 0.324. The number of carbonyl (C=O) groups is 1. The lowest BCUT2D eigenvalue weighted by molar-refractivity contribution is -0.00765. The van der Waals surface area contributed by atoms with Crippen LogP contribution >= 0.6 is 11.3 Å². The fourth-order valence-electron chi connectivity index (χ4n) is 8.10. The maximum Gasteiger partial charge on any atom is 0.259 e. The van der Waals surface area contributed by atoms with Crippen molar-refractivity contribution >= 4 is 33.1 Å². The van der Waals surface area contributed by atoms with Gasteiger partial charge in [0.05, 0.1) is 27.2 Å². The molecule has 1 N–H and O–H groups in total. The zero-order chi connectivity index (χ0) is 26.8. The minimum Gasteiger partial charge on any atom is -0.322 e. The number of nitrogens with one attached hydrogen (secondary N) is 1. The first-order valence-corrected chi connectivity index (χ1v) is 15.3. The number of hydrogen-bond acceptors (Lipinski definition) is 4. The van der Waals surface area contributed by atoms with Crippen LogP contribution in [-0.2, 0) is 5.41 Å². The summed E-state index contributed by atoms with van der Waals surface area (Å²) in [5, 5.41) is 9.35. The van der Waals surface area contributed by atoms with Gasteiger partial charge in [0, 0.05) is 22.9 Å². The van der Waals surface area contributed by atoms with Gasteiger partial charge in [-0.15, -0.1) is 11.3 Å². The van der Waals surface area contributed by atoms with Crippen molar-refractivity contribution in [1.29, 1.82) is 0 Å². The molecule has 1 amide bonds. The van der Waals surface area contributed by atoms with Crippen molar-refractivity contribution in [3.05, 3.63) is 95.8 Å². The van der Waals surface area contributed by atoms with Gasteiger partial charge >= 0.3 is 0 Å². The fourth-order valence-corrected chi connectivity index (χ4v) is 9.16. The molecule has 9 rings (SSSR count). The number of nitrogens with zero attached hydrogens (tertiary/aromatic N) is 3. The molecule has 3 aromatic carbocycles. The number of para-hydroxylation sites is 1. The van der Waals surface area contributed by atoms with E-state index < -0.39 is 0 Å². The van der Waals surface area contributed by atoms with Crippen LogP contribution in [0.3, 0.4) is 0 Å². The summed E-state index contributed by atoms with van der Waals surface area (Å²) >= 11 is 1.70. The molecule has 200 valence electrons. The molecule has 0 aliphatic heterocycles. The van der Waals surface area contributed by atoms with Crippen LogP contribution in [0, 0.1) is 24.7 Å². The zero-order valence-electron chi connectivity index (χ0n) is 22.6. The Morgan fingerprint density at radius 2 is 1.62 bits per heavy atom. The Morgan fingerprint density at radius 1 is 0.925 bits per heavy atom. The first kappa shape index (κ1) is 24.1. The summed E-state index contributed by atoms with van der Waals surface area (Å²) in [4.78, 5) is 18.7. The average molecular weight is 545 g/mol. The van der Waals surface area contributed by atoms with Crippen LogP contribution in [-0.4, -0.2) is 20.7 Å². The lowest BCUT2D eigenvalue weighted by atomic mass is 9.48. The maximum atomic E-state index is 13.9. The maximum absolute atomic E-state index is 13.9. The number of benzene rings is 3. The highest BCUT2D eigenvalue weighted by Gasteiger charge is 2.53. The van der Waals surface area contributed by atoms with Crippen LogP contribution in [0.4, 0.5) is 5.69 Å². The molecule has 4 aliphatic rings. The smallest absolute Gasteiger partial charge is 0.259 e. The lowest BCUT2D eigenvalue weighted by Crippen LogP contribution is -2.49. The van der Waals surface area contributed by atoms with Crippen molar-refractivity contribution in [1.82, 2.24) is 14.8 Å². The Hall–Kier alpha value is -3.77. The second kappa shape index (κ2) is 9.13. The molecule has 4 aliphatic carbocycles. The summed E-state index contributed by atoms with van der Waals surface area (Å²) < 4.78 is 3.11. The van der Waals surface area contributed by atoms with Crippen LogP contribution in [0.1, 0.15) is 60.1 Å². The Bertz CT molecular complexity index is 1700. The van der Waals surface area contributed by atoms with E-state index in [4.69, 9.17) is 10.1 Å². The van der Waals surface area contributed by atoms with E-state index >= 15 is 0 Å². The monoisotopic (exact) mass is 544 g/mol. The molecule has 0 unspecified atom stereocenters. The van der Waals surface area contributed by atoms with E-state index in [2.05, 4.69) is 42.6 Å². The van der Waals surface area contributed by atoms with E-state index in [0.29, 0.717) is 0 Å². The molecule has 2 aromatic heterocycles. The number of anilines is 1. The summed E-state index contributed by atoms with van der Waals surface area (Å²) in [6, 6.07) is 24.6. The number of hydrogen-bond donors (Lipinski definition) is 1. The third kappa shape index (κ3) is 4.08. The van der Waals surface area contributed by atoms with Gasteiger partial charge in [-0.2, -0.15) is 5.10 Å². The largest absolute Gasteiger partial charge is 0.322 e. The number of aryl methyl sites for hydroxylation is 1. The highest BCUT2D eigenvalue weighted by molar-refractivity contribution is 7.21. The highest BCUT2D eigenvalue weighted by atomic mass is 32.1. The summed E-state index contributed by atoms with van der Waals surface area (Å²) in [6.07, 6.45) is 9.54. The predicted octanol–water partition coefficient (Wildman–Crippen LogP) is 8.18. The Balaban J connectivity index is 1.11. The SMILES string of the molecule is Cc1ccc2nc(-c3ccc(NC(=O)c4cn(-c5ccccc5)nc4C45CC6CC(CC(C6)C4)C5)cc3)sc2c1. The molecule has 40 heavy (non-hydrogen) atoms. The van der Waals surface area contributed by atoms with Crippen LogP contribution in [0.15, 0.2) is 79.0 Å². The minimum absolute atomic E-state index is 0.0243. The van der Waals surface area contributed by atoms with Crippen LogP contribution in [0.25, 0.3) is 26.5 Å². The highest BCUT2D eigenvalue weighted by Crippen LogP contribution is 2.61. The summed E-state index contributed by atoms with van der Waals surface area (Å²) in [5.74, 6) is 2.27. The van der Waals surface area contributed by atoms with Crippen molar-refractivity contribution < 1.29 is 4.79 Å². The Kier molecular flexibility index (Phi) is 5.49. The molecule has 2 heterocycles. The van der Waals surface area contributed by atoms with Gasteiger partial charge in [0.2, 0.25) is 0 Å². The second-order valence-corrected chi connectivity index (χ2v) is 13.4. The van der Waals surface area contributed by atoms with Gasteiger partial charge in [0.1, 0.15) is 5.01 Å². The average Bonchev–Trinajstić information content (AvgIpc) is 3.59. The minimum atomic E-state index is -0.0730. The molecule has 0 spiro atoms. The van der Waals surface area contributed by atoms with Crippen LogP contribution in [0.2, 0.25) is 0 Å². The molecule has 4 bridgehead atoms. The molecular weight excluding hydrogens is 512 g/mol. The molecule has 4 fully saturated rings. The predicted molar refractivity (Wildman–Crippen MR) is 161 cm³/mol. The van der Waals surface area contributed by atoms with Crippen molar-refractivity contribution in [2.45, 2.75) is 50.9 Å². The van der Waals surface area contributed by atoms with Crippen molar-refractivity contribution in [3.8, 4) is 16.3 Å². The van der Waals surface area contributed by atoms with E-state index in [0.717, 1.165) is 56.5 Å². The molecule has 5 nitrogen and oxygen atoms in total. The van der Waals surface area contributed by atoms with Crippen molar-refractivity contribution in [2.75, 3.05) is 5.32 Å². The van der Waals surface area contributed by atoms with Gasteiger partial charge in [0.15, 0.2) is 0 Å². The van der Waals surface area contributed by atoms with Gasteiger partial charge in [0.25, 0.3) is 5.91 Å². The van der Waals surface area contributed by atoms with Gasteiger partial charge in [-0.1, -0.05) is 24.3 Å². The van der Waals surface area contributed by atoms with Crippen molar-refractivity contribution in [3.63, 3.8) is 0 Å². The topological polar surface area (TPSA) is 59.8 Å². The third-order valence-electron chi connectivity index (χ3n) is 9.45. The molecule has 5 aromatic rings. The van der Waals surface area contributed by atoms with E-state index in [-0.39, 0.29) is 11.3 Å². The standard InChI is InChI=1S/C34H32N4OS/c1-21-7-12-29-30(13-21)40-33(36-29)25-8-10-26(11-9-25)35-32(39)28-20-38(27-5-3-2-4-6-27)37-31(28)34-17-22-14-23(18-34)16-24(15-22)19-34/h2-13,20,22-24H,14-19H2,1H3,(H,35,39). The lowest BCUT2D eigenvalue weighted by Gasteiger charge is -2.56. The summed E-state index contributed by atoms with van der Waals surface area (Å²) in [7, 11) is 0. The summed E-state index contributed by atoms with van der Waals surface area (Å²) in [6.45, 7) is 2.11. The van der Waals surface area contributed by atoms with E-state index in [1.807, 2.05) is 53.3 Å². The van der Waals surface area contributed by atoms with E-state index in [9.17, 15) is 4.79 Å². The first-order valence-electron chi connectivity index (χ1n) is 14.5. The Morgan fingerprint density at radius 3 is 2.33 bits per heavy atom. The number of aromatic nitrogens is 3. The number of rotatable bonds is 5. The normalized spacial score (nSPS) is 25.0.